The molecule has 0 aromatic rings. The van der Waals surface area contributed by atoms with Crippen LogP contribution in [0.5, 0.6) is 0 Å². The standard InChI is InChI=1S/C2H6O2.Ba.H2O4S.2H/c3-1-2-4;;1-5(2,3)4;;/h3-4H,1-2H2;;(H2,1,2,3,4);;. The molecule has 0 unspecified atom stereocenters. The molecule has 0 heterocycles. The third-order valence-electron chi connectivity index (χ3n) is 0.1000. The van der Waals surface area contributed by atoms with E-state index in [0.29, 0.717) is 0 Å². The third kappa shape index (κ3) is 117. The Morgan fingerprint density at radius 3 is 1.10 bits per heavy atom. The predicted molar refractivity (Wildman–Crippen MR) is 36.9 cm³/mol. The van der Waals surface area contributed by atoms with Gasteiger partial charge in [0.05, 0.1) is 13.2 Å². The molecular weight excluding hydrogens is 289 g/mol. The second kappa shape index (κ2) is 10.4. The van der Waals surface area contributed by atoms with Crippen molar-refractivity contribution in [2.24, 2.45) is 0 Å². The van der Waals surface area contributed by atoms with Gasteiger partial charge in [0.1, 0.15) is 0 Å². The quantitative estimate of drug-likeness (QED) is 0.312. The molecule has 0 saturated carbocycles. The van der Waals surface area contributed by atoms with E-state index in [4.69, 9.17) is 27.7 Å². The van der Waals surface area contributed by atoms with E-state index in [1.165, 1.54) is 0 Å². The molecule has 8 heteroatoms. The molecule has 62 valence electrons. The van der Waals surface area contributed by atoms with Crippen molar-refractivity contribution in [3.05, 3.63) is 0 Å². The normalized spacial score (nSPS) is 8.80. The molecule has 0 aliphatic carbocycles. The SMILES string of the molecule is O=S(=O)(O)O.OCCO.[BaH2]. The van der Waals surface area contributed by atoms with Gasteiger partial charge in [-0.25, -0.2) is 0 Å². The van der Waals surface area contributed by atoms with E-state index in [9.17, 15) is 0 Å². The van der Waals surface area contributed by atoms with Crippen LogP contribution >= 0.6 is 0 Å². The van der Waals surface area contributed by atoms with Gasteiger partial charge in [-0.2, -0.15) is 8.42 Å². The molecule has 0 aliphatic heterocycles. The Morgan fingerprint density at radius 2 is 1.10 bits per heavy atom. The van der Waals surface area contributed by atoms with Crippen LogP contribution < -0.4 is 0 Å². The van der Waals surface area contributed by atoms with Crippen molar-refractivity contribution >= 4 is 59.3 Å². The van der Waals surface area contributed by atoms with Crippen LogP contribution in [0.4, 0.5) is 0 Å². The summed E-state index contributed by atoms with van der Waals surface area (Å²) < 4.78 is 31.6. The van der Waals surface area contributed by atoms with Crippen LogP contribution in [0.25, 0.3) is 0 Å². The molecule has 0 aromatic carbocycles. The molecule has 0 atom stereocenters. The minimum absolute atomic E-state index is 0. The van der Waals surface area contributed by atoms with Crippen LogP contribution in [0.15, 0.2) is 0 Å². The van der Waals surface area contributed by atoms with E-state index < -0.39 is 10.4 Å². The summed E-state index contributed by atoms with van der Waals surface area (Å²) in [4.78, 5) is 0. The Bertz CT molecular complexity index is 119. The number of hydrogen-bond donors (Lipinski definition) is 4. The van der Waals surface area contributed by atoms with Crippen LogP contribution in [0, 0.1) is 0 Å². The first-order valence-electron chi connectivity index (χ1n) is 1.83. The molecule has 0 aromatic heterocycles. The number of aliphatic hydroxyl groups excluding tert-OH is 2. The van der Waals surface area contributed by atoms with Gasteiger partial charge in [-0.3, -0.25) is 9.11 Å². The summed E-state index contributed by atoms with van der Waals surface area (Å²) in [5.41, 5.74) is 0. The zero-order valence-corrected chi connectivity index (χ0v) is 5.24. The van der Waals surface area contributed by atoms with E-state index in [0.717, 1.165) is 0 Å². The zero-order chi connectivity index (χ0) is 7.91. The second-order valence-corrected chi connectivity index (χ2v) is 1.79. The van der Waals surface area contributed by atoms with Gasteiger partial charge < -0.3 is 10.2 Å². The van der Waals surface area contributed by atoms with E-state index >= 15 is 0 Å². The number of aliphatic hydroxyl groups is 2. The average molecular weight is 299 g/mol. The fourth-order valence-corrected chi connectivity index (χ4v) is 0. The molecule has 0 amide bonds. The fourth-order valence-electron chi connectivity index (χ4n) is 0. The molecular formula is C2H10BaO6S. The van der Waals surface area contributed by atoms with Crippen molar-refractivity contribution in [2.75, 3.05) is 13.2 Å². The van der Waals surface area contributed by atoms with Gasteiger partial charge in [0.2, 0.25) is 0 Å². The Balaban J connectivity index is -0.0000000910. The molecule has 0 fully saturated rings. The van der Waals surface area contributed by atoms with Crippen molar-refractivity contribution in [3.8, 4) is 0 Å². The predicted octanol–water partition coefficient (Wildman–Crippen LogP) is -2.60. The first-order valence-corrected chi connectivity index (χ1v) is 3.23. The summed E-state index contributed by atoms with van der Waals surface area (Å²) in [6.07, 6.45) is 0. The Hall–Kier alpha value is 1.36. The van der Waals surface area contributed by atoms with E-state index in [1.54, 1.807) is 0 Å². The Labute approximate surface area is 98.9 Å². The van der Waals surface area contributed by atoms with Crippen LogP contribution in [0.1, 0.15) is 0 Å². The summed E-state index contributed by atoms with van der Waals surface area (Å²) in [6.45, 7) is -0.250. The summed E-state index contributed by atoms with van der Waals surface area (Å²) in [5.74, 6) is 0. The summed E-state index contributed by atoms with van der Waals surface area (Å²) in [6, 6.07) is 0. The minimum atomic E-state index is -4.67. The summed E-state index contributed by atoms with van der Waals surface area (Å²) in [7, 11) is -4.67. The van der Waals surface area contributed by atoms with Crippen LogP contribution in [-0.4, -0.2) is 89.8 Å². The zero-order valence-electron chi connectivity index (χ0n) is 4.43. The molecule has 0 rings (SSSR count). The fraction of sp³-hybridized carbons (Fsp3) is 1.00. The van der Waals surface area contributed by atoms with Gasteiger partial charge in [-0.15, -0.1) is 0 Å². The van der Waals surface area contributed by atoms with E-state index in [2.05, 4.69) is 0 Å². The van der Waals surface area contributed by atoms with Gasteiger partial charge in [0.15, 0.2) is 0 Å². The maximum absolute atomic E-state index is 8.74. The van der Waals surface area contributed by atoms with Crippen molar-refractivity contribution in [2.45, 2.75) is 0 Å². The molecule has 0 bridgehead atoms. The van der Waals surface area contributed by atoms with Crippen molar-refractivity contribution < 1.29 is 27.7 Å². The first kappa shape index (κ1) is 17.4. The van der Waals surface area contributed by atoms with Crippen LogP contribution in [0.2, 0.25) is 0 Å². The van der Waals surface area contributed by atoms with Crippen LogP contribution in [0.3, 0.4) is 0 Å². The number of rotatable bonds is 1. The van der Waals surface area contributed by atoms with Crippen LogP contribution in [-0.2, 0) is 10.4 Å². The number of hydrogen-bond acceptors (Lipinski definition) is 4. The molecule has 6 nitrogen and oxygen atoms in total. The van der Waals surface area contributed by atoms with Gasteiger partial charge in [0.25, 0.3) is 0 Å². The second-order valence-electron chi connectivity index (χ2n) is 0.895. The van der Waals surface area contributed by atoms with Gasteiger partial charge in [0, 0.05) is 0 Å². The van der Waals surface area contributed by atoms with E-state index in [1.807, 2.05) is 0 Å². The average Bonchev–Trinajstić information content (AvgIpc) is 1.61. The van der Waals surface area contributed by atoms with E-state index in [-0.39, 0.29) is 62.1 Å². The molecule has 10 heavy (non-hydrogen) atoms. The molecule has 4 N–H and O–H groups in total. The topological polar surface area (TPSA) is 115 Å². The summed E-state index contributed by atoms with van der Waals surface area (Å²) in [5, 5.41) is 15.2. The van der Waals surface area contributed by atoms with Crippen molar-refractivity contribution in [1.29, 1.82) is 0 Å². The first-order chi connectivity index (χ1) is 3.91. The van der Waals surface area contributed by atoms with Crippen molar-refractivity contribution in [1.82, 2.24) is 0 Å². The molecule has 0 aliphatic rings. The maximum atomic E-state index is 8.74. The Kier molecular flexibility index (Phi) is 18.1. The van der Waals surface area contributed by atoms with Gasteiger partial charge >= 0.3 is 59.3 Å². The van der Waals surface area contributed by atoms with Gasteiger partial charge in [-0.05, 0) is 0 Å². The third-order valence-corrected chi connectivity index (χ3v) is 0.1000. The molecule has 0 saturated heterocycles. The Morgan fingerprint density at radius 1 is 1.00 bits per heavy atom. The summed E-state index contributed by atoms with van der Waals surface area (Å²) >= 11 is 0. The van der Waals surface area contributed by atoms with Crippen molar-refractivity contribution in [3.63, 3.8) is 0 Å². The monoisotopic (exact) mass is 300 g/mol. The van der Waals surface area contributed by atoms with Gasteiger partial charge in [-0.1, -0.05) is 0 Å². The molecule has 0 spiro atoms. The molecule has 0 radical (unpaired) electrons.